The summed E-state index contributed by atoms with van der Waals surface area (Å²) < 4.78 is 45.2. The summed E-state index contributed by atoms with van der Waals surface area (Å²) in [6, 6.07) is 12.4. The summed E-state index contributed by atoms with van der Waals surface area (Å²) in [4.78, 5) is 24.3. The summed E-state index contributed by atoms with van der Waals surface area (Å²) in [6.45, 7) is 1.88. The Hall–Kier alpha value is -3.37. The first-order chi connectivity index (χ1) is 15.0. The average molecular weight is 482 g/mol. The third kappa shape index (κ3) is 5.65. The Labute approximate surface area is 190 Å². The van der Waals surface area contributed by atoms with Gasteiger partial charge in [0.2, 0.25) is 0 Å². The number of furan rings is 1. The standard InChI is InChI=1S/C21H15ClF3N3O3S/c1-11-2-4-12(5-3-11)18(29)27-28-20(32)26-19(30)17-9-8-16(31-17)14-7-6-13(22)10-15(14)21(23,24)25/h2-10H,1H3,(H,27,29)(H2,26,28,30,32). The number of carbonyl (C=O) groups excluding carboxylic acids is 2. The monoisotopic (exact) mass is 481 g/mol. The van der Waals surface area contributed by atoms with Gasteiger partial charge in [-0.05, 0) is 61.6 Å². The third-order valence-electron chi connectivity index (χ3n) is 4.21. The third-order valence-corrected chi connectivity index (χ3v) is 4.65. The predicted molar refractivity (Wildman–Crippen MR) is 116 cm³/mol. The Balaban J connectivity index is 1.64. The molecular formula is C21H15ClF3N3O3S. The van der Waals surface area contributed by atoms with E-state index in [1.54, 1.807) is 24.3 Å². The molecule has 0 aliphatic rings. The molecule has 0 spiro atoms. The molecule has 2 amide bonds. The van der Waals surface area contributed by atoms with Crippen molar-refractivity contribution in [2.45, 2.75) is 13.1 Å². The highest BCUT2D eigenvalue weighted by molar-refractivity contribution is 7.80. The molecule has 0 radical (unpaired) electrons. The van der Waals surface area contributed by atoms with E-state index in [0.29, 0.717) is 5.56 Å². The van der Waals surface area contributed by atoms with Gasteiger partial charge in [-0.15, -0.1) is 0 Å². The minimum absolute atomic E-state index is 0.0882. The van der Waals surface area contributed by atoms with Crippen LogP contribution in [-0.2, 0) is 6.18 Å². The number of hydrogen-bond donors (Lipinski definition) is 3. The van der Waals surface area contributed by atoms with E-state index >= 15 is 0 Å². The van der Waals surface area contributed by atoms with Crippen molar-refractivity contribution < 1.29 is 27.2 Å². The molecule has 0 saturated heterocycles. The summed E-state index contributed by atoms with van der Waals surface area (Å²) in [6.07, 6.45) is -4.67. The molecule has 2 aromatic carbocycles. The molecule has 0 saturated carbocycles. The maximum Gasteiger partial charge on any atom is 0.417 e. The number of carbonyl (C=O) groups is 2. The normalized spacial score (nSPS) is 11.0. The number of halogens is 4. The number of alkyl halides is 3. The highest BCUT2D eigenvalue weighted by Crippen LogP contribution is 2.39. The van der Waals surface area contributed by atoms with Crippen LogP contribution in [0.4, 0.5) is 13.2 Å². The minimum atomic E-state index is -4.67. The maximum absolute atomic E-state index is 13.3. The maximum atomic E-state index is 13.3. The van der Waals surface area contributed by atoms with Crippen LogP contribution in [0, 0.1) is 6.92 Å². The van der Waals surface area contributed by atoms with Crippen molar-refractivity contribution in [2.24, 2.45) is 0 Å². The van der Waals surface area contributed by atoms with Gasteiger partial charge in [0, 0.05) is 16.1 Å². The van der Waals surface area contributed by atoms with E-state index in [4.69, 9.17) is 28.2 Å². The molecule has 0 bridgehead atoms. The van der Waals surface area contributed by atoms with Gasteiger partial charge in [0.05, 0.1) is 5.56 Å². The van der Waals surface area contributed by atoms with E-state index in [-0.39, 0.29) is 27.2 Å². The largest absolute Gasteiger partial charge is 0.451 e. The molecule has 3 rings (SSSR count). The fraction of sp³-hybridized carbons (Fsp3) is 0.0952. The number of aryl methyl sites for hydroxylation is 1. The smallest absolute Gasteiger partial charge is 0.417 e. The lowest BCUT2D eigenvalue weighted by Crippen LogP contribution is -2.48. The molecule has 11 heteroatoms. The van der Waals surface area contributed by atoms with Crippen molar-refractivity contribution in [3.63, 3.8) is 0 Å². The number of hydrazine groups is 1. The van der Waals surface area contributed by atoms with Crippen LogP contribution in [-0.4, -0.2) is 16.9 Å². The molecule has 0 aliphatic heterocycles. The van der Waals surface area contributed by atoms with Crippen molar-refractivity contribution in [1.29, 1.82) is 0 Å². The van der Waals surface area contributed by atoms with E-state index < -0.39 is 23.6 Å². The summed E-state index contributed by atoms with van der Waals surface area (Å²) in [5, 5.41) is 1.93. The van der Waals surface area contributed by atoms with E-state index in [1.807, 2.05) is 6.92 Å². The van der Waals surface area contributed by atoms with Gasteiger partial charge in [-0.3, -0.25) is 25.8 Å². The SMILES string of the molecule is Cc1ccc(C(=O)NNC(=S)NC(=O)c2ccc(-c3ccc(Cl)cc3C(F)(F)F)o2)cc1. The van der Waals surface area contributed by atoms with Crippen molar-refractivity contribution in [2.75, 3.05) is 0 Å². The van der Waals surface area contributed by atoms with Gasteiger partial charge in [-0.1, -0.05) is 29.3 Å². The molecule has 1 aromatic heterocycles. The van der Waals surface area contributed by atoms with Crippen LogP contribution in [0.2, 0.25) is 5.02 Å². The molecular weight excluding hydrogens is 467 g/mol. The van der Waals surface area contributed by atoms with E-state index in [1.165, 1.54) is 18.2 Å². The number of benzene rings is 2. The van der Waals surface area contributed by atoms with Crippen LogP contribution in [0.5, 0.6) is 0 Å². The van der Waals surface area contributed by atoms with E-state index in [2.05, 4.69) is 16.2 Å². The zero-order chi connectivity index (χ0) is 23.5. The van der Waals surface area contributed by atoms with Crippen LogP contribution < -0.4 is 16.2 Å². The zero-order valence-electron chi connectivity index (χ0n) is 16.3. The first kappa shape index (κ1) is 23.3. The summed E-state index contributed by atoms with van der Waals surface area (Å²) in [7, 11) is 0. The van der Waals surface area contributed by atoms with Crippen molar-refractivity contribution in [3.8, 4) is 11.3 Å². The predicted octanol–water partition coefficient (Wildman–Crippen LogP) is 4.88. The number of rotatable bonds is 3. The van der Waals surface area contributed by atoms with Gasteiger partial charge in [0.25, 0.3) is 11.8 Å². The second-order valence-corrected chi connectivity index (χ2v) is 7.42. The Bertz CT molecular complexity index is 1180. The molecule has 166 valence electrons. The lowest BCUT2D eigenvalue weighted by atomic mass is 10.1. The average Bonchev–Trinajstić information content (AvgIpc) is 3.22. The highest BCUT2D eigenvalue weighted by atomic mass is 35.5. The molecule has 0 atom stereocenters. The molecule has 32 heavy (non-hydrogen) atoms. The summed E-state index contributed by atoms with van der Waals surface area (Å²) in [5.74, 6) is -1.76. The molecule has 3 aromatic rings. The Morgan fingerprint density at radius 3 is 2.31 bits per heavy atom. The van der Waals surface area contributed by atoms with Crippen molar-refractivity contribution in [1.82, 2.24) is 16.2 Å². The van der Waals surface area contributed by atoms with Crippen molar-refractivity contribution in [3.05, 3.63) is 82.1 Å². The quantitative estimate of drug-likeness (QED) is 0.367. The number of thiocarbonyl (C=S) groups is 1. The fourth-order valence-corrected chi connectivity index (χ4v) is 2.97. The molecule has 0 unspecified atom stereocenters. The second kappa shape index (κ2) is 9.41. The van der Waals surface area contributed by atoms with Crippen LogP contribution in [0.25, 0.3) is 11.3 Å². The molecule has 0 fully saturated rings. The summed E-state index contributed by atoms with van der Waals surface area (Å²) in [5.41, 5.74) is 4.77. The van der Waals surface area contributed by atoms with E-state index in [9.17, 15) is 22.8 Å². The minimum Gasteiger partial charge on any atom is -0.451 e. The zero-order valence-corrected chi connectivity index (χ0v) is 17.9. The topological polar surface area (TPSA) is 83.4 Å². The van der Waals surface area contributed by atoms with Crippen molar-refractivity contribution >= 4 is 40.7 Å². The Morgan fingerprint density at radius 2 is 1.66 bits per heavy atom. The van der Waals surface area contributed by atoms with Crippen LogP contribution in [0.3, 0.4) is 0 Å². The van der Waals surface area contributed by atoms with Gasteiger partial charge in [-0.25, -0.2) is 0 Å². The van der Waals surface area contributed by atoms with Gasteiger partial charge in [0.1, 0.15) is 5.76 Å². The lowest BCUT2D eigenvalue weighted by molar-refractivity contribution is -0.137. The van der Waals surface area contributed by atoms with Gasteiger partial charge < -0.3 is 4.42 Å². The van der Waals surface area contributed by atoms with Gasteiger partial charge in [-0.2, -0.15) is 13.2 Å². The number of hydrogen-bond acceptors (Lipinski definition) is 4. The van der Waals surface area contributed by atoms with Gasteiger partial charge >= 0.3 is 6.18 Å². The number of nitrogens with one attached hydrogen (secondary N) is 3. The Kier molecular flexibility index (Phi) is 6.85. The first-order valence-electron chi connectivity index (χ1n) is 9.00. The first-order valence-corrected chi connectivity index (χ1v) is 9.78. The van der Waals surface area contributed by atoms with Gasteiger partial charge in [0.15, 0.2) is 10.9 Å². The molecule has 1 heterocycles. The fourth-order valence-electron chi connectivity index (χ4n) is 2.66. The van der Waals surface area contributed by atoms with Crippen LogP contribution in [0.15, 0.2) is 59.0 Å². The lowest BCUT2D eigenvalue weighted by Gasteiger charge is -2.12. The number of amides is 2. The van der Waals surface area contributed by atoms with Crippen LogP contribution >= 0.6 is 23.8 Å². The summed E-state index contributed by atoms with van der Waals surface area (Å²) >= 11 is 10.6. The highest BCUT2D eigenvalue weighted by Gasteiger charge is 2.35. The van der Waals surface area contributed by atoms with Crippen LogP contribution in [0.1, 0.15) is 32.0 Å². The molecule has 6 nitrogen and oxygen atoms in total. The molecule has 0 aliphatic carbocycles. The molecule has 3 N–H and O–H groups in total. The Morgan fingerprint density at radius 1 is 0.969 bits per heavy atom. The second-order valence-electron chi connectivity index (χ2n) is 6.58. The van der Waals surface area contributed by atoms with E-state index in [0.717, 1.165) is 17.7 Å².